The smallest absolute Gasteiger partial charge is 0.412 e. The number of ether oxygens (including phenoxy) is 4. The third kappa shape index (κ3) is 7.21. The number of allylic oxidation sites excluding steroid dienone is 1. The molecule has 1 aliphatic heterocycles. The van der Waals surface area contributed by atoms with Crippen LogP contribution in [0.4, 0.5) is 4.79 Å². The number of nitrogens with one attached hydrogen (secondary N) is 2. The van der Waals surface area contributed by atoms with Crippen molar-refractivity contribution in [2.45, 2.75) is 71.2 Å². The van der Waals surface area contributed by atoms with Gasteiger partial charge in [-0.15, -0.1) is 6.58 Å². The van der Waals surface area contributed by atoms with Gasteiger partial charge in [-0.3, -0.25) is 9.59 Å². The van der Waals surface area contributed by atoms with Crippen molar-refractivity contribution in [2.75, 3.05) is 20.3 Å². The normalized spacial score (nSPS) is 23.0. The van der Waals surface area contributed by atoms with E-state index in [-0.39, 0.29) is 31.2 Å². The van der Waals surface area contributed by atoms with Crippen molar-refractivity contribution in [3.63, 3.8) is 0 Å². The molecule has 45 heavy (non-hydrogen) atoms. The number of methoxy groups -OCH3 is 1. The van der Waals surface area contributed by atoms with Crippen LogP contribution in [0.25, 0.3) is 10.8 Å². The third-order valence-corrected chi connectivity index (χ3v) is 7.99. The minimum atomic E-state index is -1.26. The minimum absolute atomic E-state index is 0.0201. The second-order valence-corrected chi connectivity index (χ2v) is 12.4. The summed E-state index contributed by atoms with van der Waals surface area (Å²) in [5, 5.41) is 7.07. The first-order valence-corrected chi connectivity index (χ1v) is 14.9. The zero-order chi connectivity index (χ0) is 33.1. The van der Waals surface area contributed by atoms with Crippen LogP contribution in [0.2, 0.25) is 0 Å². The van der Waals surface area contributed by atoms with Crippen LogP contribution in [0.3, 0.4) is 0 Å². The molecule has 1 aromatic carbocycles. The molecule has 0 bridgehead atoms. The molecule has 1 saturated carbocycles. The second kappa shape index (κ2) is 13.2. The summed E-state index contributed by atoms with van der Waals surface area (Å²) in [4.78, 5) is 59.5. The lowest BCUT2D eigenvalue weighted by molar-refractivity contribution is -0.150. The average Bonchev–Trinajstić information content (AvgIpc) is 3.53. The molecule has 0 radical (unpaired) electrons. The van der Waals surface area contributed by atoms with E-state index in [0.29, 0.717) is 18.1 Å². The first kappa shape index (κ1) is 33.3. The Hall–Kier alpha value is -4.61. The summed E-state index contributed by atoms with van der Waals surface area (Å²) in [6.07, 6.45) is 2.18. The van der Waals surface area contributed by atoms with Gasteiger partial charge in [-0.25, -0.2) is 14.6 Å². The Morgan fingerprint density at radius 2 is 1.96 bits per heavy atom. The van der Waals surface area contributed by atoms with Gasteiger partial charge in [-0.05, 0) is 55.3 Å². The van der Waals surface area contributed by atoms with Gasteiger partial charge in [0.25, 0.3) is 0 Å². The third-order valence-electron chi connectivity index (χ3n) is 7.99. The molecule has 2 aromatic rings. The van der Waals surface area contributed by atoms with E-state index in [1.807, 2.05) is 18.2 Å². The zero-order valence-electron chi connectivity index (χ0n) is 26.7. The van der Waals surface area contributed by atoms with Crippen LogP contribution in [0.1, 0.15) is 47.5 Å². The average molecular weight is 623 g/mol. The fourth-order valence-corrected chi connectivity index (χ4v) is 5.57. The maximum absolute atomic E-state index is 14.2. The number of hydrogen-bond donors (Lipinski definition) is 2. The van der Waals surface area contributed by atoms with Crippen LogP contribution in [0.5, 0.6) is 11.6 Å². The molecule has 3 amide bonds. The van der Waals surface area contributed by atoms with Crippen LogP contribution in [-0.2, 0) is 23.9 Å². The SMILES string of the molecule is C=CC1C[C@]1(NC(=O)[C@@H]1C[C@@H](Oc2nccc3cc(OC)ccc23)CN1C(=O)[C@@H](NC(=O)OC(=C)C)C(C)(C)C)C(=O)OCC. The summed E-state index contributed by atoms with van der Waals surface area (Å²) in [5.74, 6) is -0.751. The van der Waals surface area contributed by atoms with Gasteiger partial charge in [0.1, 0.15) is 29.5 Å². The van der Waals surface area contributed by atoms with E-state index in [1.165, 1.54) is 11.8 Å². The number of rotatable bonds is 11. The highest BCUT2D eigenvalue weighted by molar-refractivity contribution is 5.97. The van der Waals surface area contributed by atoms with E-state index in [0.717, 1.165) is 10.8 Å². The molecule has 12 nitrogen and oxygen atoms in total. The standard InChI is InChI=1S/C33H42N4O8/c1-9-21-17-33(21,30(40)43-10-2)36-27(38)25-16-23(45-28-24-12-11-22(42-8)15-20(24)13-14-34-28)18-37(25)29(39)26(32(5,6)7)35-31(41)44-19(3)4/h9,11-15,21,23,25-26H,1,3,10,16-18H2,2,4-8H3,(H,35,41)(H,36,38)/t21?,23-,25+,26-,33-/m1/s1. The number of carbonyl (C=O) groups is 4. The van der Waals surface area contributed by atoms with Crippen molar-refractivity contribution in [2.24, 2.45) is 11.3 Å². The Balaban J connectivity index is 1.66. The van der Waals surface area contributed by atoms with Crippen molar-refractivity contribution in [1.82, 2.24) is 20.5 Å². The number of esters is 1. The number of amides is 3. The van der Waals surface area contributed by atoms with Gasteiger partial charge in [-0.1, -0.05) is 33.4 Å². The molecule has 242 valence electrons. The maximum atomic E-state index is 14.2. The molecule has 1 saturated heterocycles. The molecule has 1 aliphatic carbocycles. The topological polar surface area (TPSA) is 145 Å². The molecule has 5 atom stereocenters. The molecule has 2 N–H and O–H groups in total. The Morgan fingerprint density at radius 1 is 1.22 bits per heavy atom. The minimum Gasteiger partial charge on any atom is -0.497 e. The quantitative estimate of drug-likeness (QED) is 0.217. The molecule has 2 aliphatic rings. The van der Waals surface area contributed by atoms with E-state index in [4.69, 9.17) is 18.9 Å². The summed E-state index contributed by atoms with van der Waals surface area (Å²) in [6.45, 7) is 16.1. The van der Waals surface area contributed by atoms with E-state index in [2.05, 4.69) is 28.8 Å². The number of nitrogens with zero attached hydrogens (tertiary/aromatic N) is 2. The maximum Gasteiger partial charge on any atom is 0.412 e. The molecule has 12 heteroatoms. The number of aromatic nitrogens is 1. The van der Waals surface area contributed by atoms with Gasteiger partial charge in [0.2, 0.25) is 17.7 Å². The summed E-state index contributed by atoms with van der Waals surface area (Å²) < 4.78 is 22.0. The molecule has 2 heterocycles. The van der Waals surface area contributed by atoms with Gasteiger partial charge < -0.3 is 34.5 Å². The van der Waals surface area contributed by atoms with Crippen LogP contribution in [0.15, 0.2) is 55.5 Å². The summed E-state index contributed by atoms with van der Waals surface area (Å²) in [5.41, 5.74) is -2.02. The molecule has 4 rings (SSSR count). The largest absolute Gasteiger partial charge is 0.497 e. The van der Waals surface area contributed by atoms with E-state index < -0.39 is 53.0 Å². The first-order valence-electron chi connectivity index (χ1n) is 14.9. The van der Waals surface area contributed by atoms with Crippen LogP contribution in [0, 0.1) is 11.3 Å². The summed E-state index contributed by atoms with van der Waals surface area (Å²) in [6, 6.07) is 5.21. The van der Waals surface area contributed by atoms with Crippen molar-refractivity contribution >= 4 is 34.6 Å². The van der Waals surface area contributed by atoms with Gasteiger partial charge >= 0.3 is 12.1 Å². The van der Waals surface area contributed by atoms with Crippen molar-refractivity contribution < 1.29 is 38.1 Å². The number of pyridine rings is 1. The number of benzene rings is 1. The lowest BCUT2D eigenvalue weighted by atomic mass is 9.85. The van der Waals surface area contributed by atoms with Crippen molar-refractivity contribution in [3.05, 3.63) is 55.5 Å². The molecule has 2 fully saturated rings. The van der Waals surface area contributed by atoms with Crippen LogP contribution < -0.4 is 20.1 Å². The predicted octanol–water partition coefficient (Wildman–Crippen LogP) is 3.89. The van der Waals surface area contributed by atoms with E-state index in [1.54, 1.807) is 53.1 Å². The Labute approximate surface area is 263 Å². The molecule has 1 aromatic heterocycles. The fourth-order valence-electron chi connectivity index (χ4n) is 5.57. The van der Waals surface area contributed by atoms with E-state index >= 15 is 0 Å². The monoisotopic (exact) mass is 622 g/mol. The Bertz CT molecular complexity index is 1500. The fraction of sp³-hybridized carbons (Fsp3) is 0.485. The van der Waals surface area contributed by atoms with Gasteiger partial charge in [-0.2, -0.15) is 0 Å². The number of fused-ring (bicyclic) bond motifs is 1. The van der Waals surface area contributed by atoms with E-state index in [9.17, 15) is 19.2 Å². The van der Waals surface area contributed by atoms with Gasteiger partial charge in [0.15, 0.2) is 0 Å². The number of alkyl carbamates (subject to hydrolysis) is 1. The van der Waals surface area contributed by atoms with Crippen molar-refractivity contribution in [3.8, 4) is 11.6 Å². The van der Waals surface area contributed by atoms with Crippen molar-refractivity contribution in [1.29, 1.82) is 0 Å². The molecule has 0 spiro atoms. The lowest BCUT2D eigenvalue weighted by Gasteiger charge is -2.35. The number of carbonyl (C=O) groups excluding carboxylic acids is 4. The first-order chi connectivity index (χ1) is 21.2. The zero-order valence-corrected chi connectivity index (χ0v) is 26.7. The highest BCUT2D eigenvalue weighted by Crippen LogP contribution is 2.46. The highest BCUT2D eigenvalue weighted by atomic mass is 16.6. The highest BCUT2D eigenvalue weighted by Gasteiger charge is 2.62. The lowest BCUT2D eigenvalue weighted by Crippen LogP contribution is -2.59. The second-order valence-electron chi connectivity index (χ2n) is 12.4. The van der Waals surface area contributed by atoms with Gasteiger partial charge in [0.05, 0.1) is 26.0 Å². The summed E-state index contributed by atoms with van der Waals surface area (Å²) in [7, 11) is 1.58. The van der Waals surface area contributed by atoms with Crippen LogP contribution in [-0.4, -0.2) is 77.7 Å². The Kier molecular flexibility index (Phi) is 9.74. The number of hydrogen-bond acceptors (Lipinski definition) is 9. The predicted molar refractivity (Wildman–Crippen MR) is 166 cm³/mol. The molecular weight excluding hydrogens is 580 g/mol. The van der Waals surface area contributed by atoms with Crippen LogP contribution >= 0.6 is 0 Å². The van der Waals surface area contributed by atoms with Gasteiger partial charge in [0, 0.05) is 23.9 Å². The Morgan fingerprint density at radius 3 is 2.56 bits per heavy atom. The molecule has 1 unspecified atom stereocenters. The number of likely N-dealkylation sites (tertiary alicyclic amines) is 1. The summed E-state index contributed by atoms with van der Waals surface area (Å²) >= 11 is 0. The molecular formula is C33H42N4O8.